The topological polar surface area (TPSA) is 3.24 Å². The van der Waals surface area contributed by atoms with E-state index in [4.69, 9.17) is 0 Å². The maximum Gasteiger partial charge on any atom is 0.00891 e. The van der Waals surface area contributed by atoms with Crippen molar-refractivity contribution in [3.8, 4) is 0 Å². The van der Waals surface area contributed by atoms with Crippen LogP contribution in [0.1, 0.15) is 219 Å². The van der Waals surface area contributed by atoms with Crippen molar-refractivity contribution in [3.05, 3.63) is 0 Å². The molecule has 0 fully saturated rings. The molecule has 0 aliphatic heterocycles. The molecule has 0 heterocycles. The van der Waals surface area contributed by atoms with Gasteiger partial charge >= 0.3 is 0 Å². The quantitative estimate of drug-likeness (QED) is 0.0755. The Bertz CT molecular complexity index is 370. The van der Waals surface area contributed by atoms with E-state index in [1.54, 1.807) is 0 Å². The van der Waals surface area contributed by atoms with Crippen molar-refractivity contribution in [2.45, 2.75) is 225 Å². The predicted molar refractivity (Wildman–Crippen MR) is 177 cm³/mol. The molecule has 0 aromatic carbocycles. The summed E-state index contributed by atoms with van der Waals surface area (Å²) in [6, 6.07) is 0.818. The van der Waals surface area contributed by atoms with E-state index in [1.807, 2.05) is 0 Å². The highest BCUT2D eigenvalue weighted by atomic mass is 15.1. The molecule has 1 heteroatoms. The standard InChI is InChI=1S/C37H77N/c1-5-7-9-11-13-15-17-19-21-23-25-27-29-31-33-35-37(38(3)4)36-34-32-30-28-26-24-22-20-18-16-14-12-10-8-6-2/h37H,5-36H2,1-4H3. The Morgan fingerprint density at radius 2 is 0.474 bits per heavy atom. The van der Waals surface area contributed by atoms with Crippen LogP contribution in [-0.4, -0.2) is 25.0 Å². The Morgan fingerprint density at radius 3 is 0.658 bits per heavy atom. The van der Waals surface area contributed by atoms with Crippen molar-refractivity contribution in [2.24, 2.45) is 0 Å². The van der Waals surface area contributed by atoms with Gasteiger partial charge in [0.25, 0.3) is 0 Å². The maximum atomic E-state index is 2.51. The van der Waals surface area contributed by atoms with E-state index in [0.29, 0.717) is 0 Å². The van der Waals surface area contributed by atoms with Gasteiger partial charge in [-0.05, 0) is 26.9 Å². The van der Waals surface area contributed by atoms with Crippen molar-refractivity contribution >= 4 is 0 Å². The summed E-state index contributed by atoms with van der Waals surface area (Å²) in [5.41, 5.74) is 0. The van der Waals surface area contributed by atoms with Crippen LogP contribution in [0.4, 0.5) is 0 Å². The predicted octanol–water partition coefficient (Wildman–Crippen LogP) is 13.4. The average Bonchev–Trinajstić information content (AvgIpc) is 2.91. The van der Waals surface area contributed by atoms with E-state index < -0.39 is 0 Å². The molecule has 0 aliphatic carbocycles. The Morgan fingerprint density at radius 1 is 0.289 bits per heavy atom. The number of unbranched alkanes of at least 4 members (excludes halogenated alkanes) is 28. The summed E-state index contributed by atoms with van der Waals surface area (Å²) < 4.78 is 0. The van der Waals surface area contributed by atoms with Crippen LogP contribution < -0.4 is 0 Å². The Hall–Kier alpha value is -0.0400. The Labute approximate surface area is 244 Å². The monoisotopic (exact) mass is 536 g/mol. The zero-order chi connectivity index (χ0) is 27.8. The van der Waals surface area contributed by atoms with Gasteiger partial charge in [-0.25, -0.2) is 0 Å². The van der Waals surface area contributed by atoms with Crippen LogP contribution in [-0.2, 0) is 0 Å². The third-order valence-electron chi connectivity index (χ3n) is 9.01. The molecule has 0 aliphatic rings. The number of rotatable bonds is 33. The lowest BCUT2D eigenvalue weighted by Crippen LogP contribution is -2.27. The fourth-order valence-corrected chi connectivity index (χ4v) is 6.16. The molecule has 0 N–H and O–H groups in total. The Kier molecular flexibility index (Phi) is 33.1. The molecular formula is C37H77N. The van der Waals surface area contributed by atoms with Crippen LogP contribution in [0.25, 0.3) is 0 Å². The summed E-state index contributed by atoms with van der Waals surface area (Å²) in [5, 5.41) is 0. The van der Waals surface area contributed by atoms with E-state index in [9.17, 15) is 0 Å². The van der Waals surface area contributed by atoms with Gasteiger partial charge in [0.2, 0.25) is 0 Å². The van der Waals surface area contributed by atoms with Gasteiger partial charge in [0.1, 0.15) is 0 Å². The third-order valence-corrected chi connectivity index (χ3v) is 9.01. The maximum absolute atomic E-state index is 2.51. The van der Waals surface area contributed by atoms with Gasteiger partial charge in [0, 0.05) is 6.04 Å². The minimum atomic E-state index is 0.818. The molecule has 0 rings (SSSR count). The van der Waals surface area contributed by atoms with Gasteiger partial charge in [-0.1, -0.05) is 206 Å². The fourth-order valence-electron chi connectivity index (χ4n) is 6.16. The van der Waals surface area contributed by atoms with Gasteiger partial charge in [-0.2, -0.15) is 0 Å². The van der Waals surface area contributed by atoms with Crippen LogP contribution in [0.5, 0.6) is 0 Å². The number of hydrogen-bond acceptors (Lipinski definition) is 1. The zero-order valence-electron chi connectivity index (χ0n) is 27.7. The van der Waals surface area contributed by atoms with Gasteiger partial charge in [0.15, 0.2) is 0 Å². The first-order valence-electron chi connectivity index (χ1n) is 18.4. The van der Waals surface area contributed by atoms with Crippen molar-refractivity contribution in [3.63, 3.8) is 0 Å². The summed E-state index contributed by atoms with van der Waals surface area (Å²) in [4.78, 5) is 2.51. The summed E-state index contributed by atoms with van der Waals surface area (Å²) >= 11 is 0. The molecule has 0 bridgehead atoms. The molecule has 0 unspecified atom stereocenters. The SMILES string of the molecule is CCCCCCCCCCCCCCCCCC(CCCCCCCCCCCCCCCCC)N(C)C. The normalized spacial score (nSPS) is 11.8. The molecule has 1 nitrogen and oxygen atoms in total. The minimum Gasteiger partial charge on any atom is -0.306 e. The molecule has 0 aromatic rings. The molecule has 230 valence electrons. The molecule has 0 spiro atoms. The second-order valence-corrected chi connectivity index (χ2v) is 13.1. The highest BCUT2D eigenvalue weighted by Gasteiger charge is 2.10. The van der Waals surface area contributed by atoms with Crippen LogP contribution in [0.2, 0.25) is 0 Å². The molecule has 0 radical (unpaired) electrons. The fraction of sp³-hybridized carbons (Fsp3) is 1.00. The van der Waals surface area contributed by atoms with Crippen molar-refractivity contribution < 1.29 is 0 Å². The highest BCUT2D eigenvalue weighted by Crippen LogP contribution is 2.19. The molecule has 0 saturated heterocycles. The van der Waals surface area contributed by atoms with E-state index in [-0.39, 0.29) is 0 Å². The molecule has 0 saturated carbocycles. The molecule has 0 aromatic heterocycles. The summed E-state index contributed by atoms with van der Waals surface area (Å²) in [6.07, 6.45) is 46.8. The molecule has 0 amide bonds. The summed E-state index contributed by atoms with van der Waals surface area (Å²) in [5.74, 6) is 0. The summed E-state index contributed by atoms with van der Waals surface area (Å²) in [7, 11) is 4.61. The molecule has 38 heavy (non-hydrogen) atoms. The Balaban J connectivity index is 3.37. The first-order valence-corrected chi connectivity index (χ1v) is 18.4. The van der Waals surface area contributed by atoms with Crippen molar-refractivity contribution in [1.29, 1.82) is 0 Å². The van der Waals surface area contributed by atoms with Crippen molar-refractivity contribution in [2.75, 3.05) is 14.1 Å². The van der Waals surface area contributed by atoms with Crippen LogP contribution in [0.3, 0.4) is 0 Å². The molecule has 0 atom stereocenters. The van der Waals surface area contributed by atoms with Crippen molar-refractivity contribution in [1.82, 2.24) is 4.90 Å². The summed E-state index contributed by atoms with van der Waals surface area (Å²) in [6.45, 7) is 4.62. The second kappa shape index (κ2) is 33.2. The lowest BCUT2D eigenvalue weighted by Gasteiger charge is -2.24. The van der Waals surface area contributed by atoms with Crippen LogP contribution in [0, 0.1) is 0 Å². The second-order valence-electron chi connectivity index (χ2n) is 13.1. The zero-order valence-corrected chi connectivity index (χ0v) is 27.7. The smallest absolute Gasteiger partial charge is 0.00891 e. The van der Waals surface area contributed by atoms with Crippen LogP contribution in [0.15, 0.2) is 0 Å². The van der Waals surface area contributed by atoms with Crippen LogP contribution >= 0.6 is 0 Å². The van der Waals surface area contributed by atoms with Gasteiger partial charge in [0.05, 0.1) is 0 Å². The first kappa shape index (κ1) is 38.0. The largest absolute Gasteiger partial charge is 0.306 e. The number of nitrogens with zero attached hydrogens (tertiary/aromatic N) is 1. The van der Waals surface area contributed by atoms with E-state index in [1.165, 1.54) is 205 Å². The molecular weight excluding hydrogens is 458 g/mol. The van der Waals surface area contributed by atoms with Gasteiger partial charge in [-0.15, -0.1) is 0 Å². The van der Waals surface area contributed by atoms with E-state index >= 15 is 0 Å². The lowest BCUT2D eigenvalue weighted by atomic mass is 9.99. The van der Waals surface area contributed by atoms with E-state index in [0.717, 1.165) is 6.04 Å². The van der Waals surface area contributed by atoms with Gasteiger partial charge in [-0.3, -0.25) is 0 Å². The minimum absolute atomic E-state index is 0.818. The average molecular weight is 536 g/mol. The van der Waals surface area contributed by atoms with E-state index in [2.05, 4.69) is 32.8 Å². The highest BCUT2D eigenvalue weighted by molar-refractivity contribution is 4.67. The lowest BCUT2D eigenvalue weighted by molar-refractivity contribution is 0.251. The third kappa shape index (κ3) is 30.5. The number of hydrogen-bond donors (Lipinski definition) is 0. The van der Waals surface area contributed by atoms with Gasteiger partial charge < -0.3 is 4.90 Å². The first-order chi connectivity index (χ1) is 18.7.